The van der Waals surface area contributed by atoms with Gasteiger partial charge in [0.25, 0.3) is 6.43 Å². The Morgan fingerprint density at radius 1 is 1.24 bits per heavy atom. The fraction of sp³-hybridized carbons (Fsp3) is 0.684. The van der Waals surface area contributed by atoms with Gasteiger partial charge in [0.15, 0.2) is 5.65 Å². The van der Waals surface area contributed by atoms with Crippen LogP contribution in [-0.4, -0.2) is 68.9 Å². The van der Waals surface area contributed by atoms with E-state index in [9.17, 15) is 13.6 Å². The number of fused-ring (bicyclic) bond motifs is 1. The standard InChI is InChI=1S/C19H26F2N6O2/c1-18(2,3)29-17(28)26-11-19(12-26)4-6-25(7-5-19)15-9-22-13-8-23-27(10-14(20)21)16(13)24-15/h8-9,14H,4-7,10-12H2,1-3H3. The van der Waals surface area contributed by atoms with Gasteiger partial charge in [0.2, 0.25) is 0 Å². The van der Waals surface area contributed by atoms with E-state index in [0.717, 1.165) is 25.9 Å². The number of anilines is 1. The first-order chi connectivity index (χ1) is 13.6. The number of nitrogens with zero attached hydrogens (tertiary/aromatic N) is 6. The first-order valence-electron chi connectivity index (χ1n) is 9.84. The molecular weight excluding hydrogens is 382 g/mol. The lowest BCUT2D eigenvalue weighted by molar-refractivity contribution is -0.0434. The fourth-order valence-electron chi connectivity index (χ4n) is 4.00. The molecule has 1 amide bonds. The lowest BCUT2D eigenvalue weighted by Crippen LogP contribution is -2.62. The van der Waals surface area contributed by atoms with E-state index in [1.54, 1.807) is 11.1 Å². The van der Waals surface area contributed by atoms with E-state index in [1.165, 1.54) is 10.9 Å². The van der Waals surface area contributed by atoms with Crippen LogP contribution in [0.3, 0.4) is 0 Å². The molecule has 0 bridgehead atoms. The molecule has 0 radical (unpaired) electrons. The van der Waals surface area contributed by atoms with Gasteiger partial charge in [-0.25, -0.2) is 28.2 Å². The summed E-state index contributed by atoms with van der Waals surface area (Å²) in [5.41, 5.74) is 0.525. The Balaban J connectivity index is 1.37. The summed E-state index contributed by atoms with van der Waals surface area (Å²) in [6.45, 7) is 8.09. The predicted molar refractivity (Wildman–Crippen MR) is 103 cm³/mol. The van der Waals surface area contributed by atoms with Gasteiger partial charge in [0.1, 0.15) is 23.5 Å². The number of hydrogen-bond acceptors (Lipinski definition) is 6. The number of piperidine rings is 1. The average Bonchev–Trinajstić information content (AvgIpc) is 3.00. The van der Waals surface area contributed by atoms with Crippen LogP contribution in [0.1, 0.15) is 33.6 Å². The largest absolute Gasteiger partial charge is 0.444 e. The predicted octanol–water partition coefficient (Wildman–Crippen LogP) is 2.93. The van der Waals surface area contributed by atoms with Gasteiger partial charge in [-0.2, -0.15) is 5.10 Å². The highest BCUT2D eigenvalue weighted by Crippen LogP contribution is 2.41. The minimum absolute atomic E-state index is 0.127. The summed E-state index contributed by atoms with van der Waals surface area (Å²) in [6.07, 6.45) is 2.24. The Labute approximate surface area is 167 Å². The molecule has 158 valence electrons. The molecule has 0 aliphatic carbocycles. The lowest BCUT2D eigenvalue weighted by atomic mass is 9.72. The number of aromatic nitrogens is 4. The lowest BCUT2D eigenvalue weighted by Gasteiger charge is -2.53. The van der Waals surface area contributed by atoms with Gasteiger partial charge in [0, 0.05) is 31.6 Å². The summed E-state index contributed by atoms with van der Waals surface area (Å²) < 4.78 is 32.1. The zero-order chi connectivity index (χ0) is 20.8. The van der Waals surface area contributed by atoms with Gasteiger partial charge in [-0.1, -0.05) is 0 Å². The van der Waals surface area contributed by atoms with Gasteiger partial charge in [0.05, 0.1) is 12.4 Å². The molecule has 2 fully saturated rings. The van der Waals surface area contributed by atoms with Gasteiger partial charge in [-0.3, -0.25) is 0 Å². The van der Waals surface area contributed by atoms with Gasteiger partial charge in [-0.15, -0.1) is 0 Å². The van der Waals surface area contributed by atoms with E-state index in [0.29, 0.717) is 30.1 Å². The first kappa shape index (κ1) is 19.8. The molecule has 0 unspecified atom stereocenters. The van der Waals surface area contributed by atoms with Crippen molar-refractivity contribution < 1.29 is 18.3 Å². The van der Waals surface area contributed by atoms with Crippen molar-refractivity contribution in [1.82, 2.24) is 24.6 Å². The van der Waals surface area contributed by atoms with Crippen LogP contribution in [0.4, 0.5) is 19.4 Å². The van der Waals surface area contributed by atoms with Crippen molar-refractivity contribution in [2.45, 2.75) is 52.2 Å². The molecule has 10 heteroatoms. The number of likely N-dealkylation sites (tertiary alicyclic amines) is 1. The Bertz CT molecular complexity index is 894. The molecule has 0 atom stereocenters. The third-order valence-electron chi connectivity index (χ3n) is 5.50. The maximum absolute atomic E-state index is 12.7. The summed E-state index contributed by atoms with van der Waals surface area (Å²) in [5.74, 6) is 0.673. The van der Waals surface area contributed by atoms with Gasteiger partial charge < -0.3 is 14.5 Å². The van der Waals surface area contributed by atoms with E-state index in [-0.39, 0.29) is 11.5 Å². The Kier molecular flexibility index (Phi) is 4.82. The fourth-order valence-corrected chi connectivity index (χ4v) is 4.00. The van der Waals surface area contributed by atoms with Crippen LogP contribution in [0, 0.1) is 5.41 Å². The average molecular weight is 408 g/mol. The van der Waals surface area contributed by atoms with Crippen LogP contribution in [-0.2, 0) is 11.3 Å². The summed E-state index contributed by atoms with van der Waals surface area (Å²) in [6, 6.07) is 0. The smallest absolute Gasteiger partial charge is 0.410 e. The molecule has 2 saturated heterocycles. The summed E-state index contributed by atoms with van der Waals surface area (Å²) in [4.78, 5) is 24.9. The number of carbonyl (C=O) groups excluding carboxylic acids is 1. The molecule has 8 nitrogen and oxygen atoms in total. The second-order valence-corrected chi connectivity index (χ2v) is 8.98. The third kappa shape index (κ3) is 4.11. The molecule has 0 N–H and O–H groups in total. The maximum Gasteiger partial charge on any atom is 0.410 e. The summed E-state index contributed by atoms with van der Waals surface area (Å²) in [5, 5.41) is 3.96. The molecule has 2 aliphatic heterocycles. The van der Waals surface area contributed by atoms with E-state index in [1.807, 2.05) is 20.8 Å². The highest BCUT2D eigenvalue weighted by atomic mass is 19.3. The van der Waals surface area contributed by atoms with Crippen molar-refractivity contribution in [2.75, 3.05) is 31.1 Å². The van der Waals surface area contributed by atoms with Crippen molar-refractivity contribution in [3.63, 3.8) is 0 Å². The highest BCUT2D eigenvalue weighted by molar-refractivity contribution is 5.71. The Morgan fingerprint density at radius 2 is 1.93 bits per heavy atom. The number of ether oxygens (including phenoxy) is 1. The first-order valence-corrected chi connectivity index (χ1v) is 9.84. The van der Waals surface area contributed by atoms with Crippen molar-refractivity contribution in [2.24, 2.45) is 5.41 Å². The third-order valence-corrected chi connectivity index (χ3v) is 5.50. The van der Waals surface area contributed by atoms with Gasteiger partial charge in [-0.05, 0) is 33.6 Å². The molecule has 2 aromatic heterocycles. The zero-order valence-corrected chi connectivity index (χ0v) is 16.9. The highest BCUT2D eigenvalue weighted by Gasteiger charge is 2.48. The van der Waals surface area contributed by atoms with Crippen LogP contribution in [0.2, 0.25) is 0 Å². The SMILES string of the molecule is CC(C)(C)OC(=O)N1CC2(CCN(c3cnc4cnn(CC(F)F)c4n3)CC2)C1. The number of halogens is 2. The van der Waals surface area contributed by atoms with Crippen LogP contribution in [0.15, 0.2) is 12.4 Å². The van der Waals surface area contributed by atoms with Crippen LogP contribution in [0.25, 0.3) is 11.2 Å². The van der Waals surface area contributed by atoms with Crippen LogP contribution in [0.5, 0.6) is 0 Å². The molecule has 29 heavy (non-hydrogen) atoms. The molecule has 2 aliphatic rings. The number of amides is 1. The second-order valence-electron chi connectivity index (χ2n) is 8.98. The molecule has 0 aromatic carbocycles. The molecule has 2 aromatic rings. The molecular formula is C19H26F2N6O2. The van der Waals surface area contributed by atoms with Crippen molar-refractivity contribution in [3.8, 4) is 0 Å². The molecule has 1 spiro atoms. The van der Waals surface area contributed by atoms with Gasteiger partial charge >= 0.3 is 6.09 Å². The number of carbonyl (C=O) groups is 1. The molecule has 4 rings (SSSR count). The quantitative estimate of drug-likeness (QED) is 0.777. The monoisotopic (exact) mass is 408 g/mol. The van der Waals surface area contributed by atoms with Crippen molar-refractivity contribution >= 4 is 23.1 Å². The van der Waals surface area contributed by atoms with E-state index in [2.05, 4.69) is 20.0 Å². The topological polar surface area (TPSA) is 76.4 Å². The number of hydrogen-bond donors (Lipinski definition) is 0. The van der Waals surface area contributed by atoms with Crippen molar-refractivity contribution in [1.29, 1.82) is 0 Å². The number of rotatable bonds is 3. The minimum atomic E-state index is -2.50. The zero-order valence-electron chi connectivity index (χ0n) is 16.9. The molecule has 0 saturated carbocycles. The Morgan fingerprint density at radius 3 is 2.55 bits per heavy atom. The van der Waals surface area contributed by atoms with E-state index in [4.69, 9.17) is 4.74 Å². The minimum Gasteiger partial charge on any atom is -0.444 e. The maximum atomic E-state index is 12.7. The second kappa shape index (κ2) is 7.07. The van der Waals surface area contributed by atoms with E-state index >= 15 is 0 Å². The van der Waals surface area contributed by atoms with Crippen LogP contribution >= 0.6 is 0 Å². The number of alkyl halides is 2. The normalized spacial score (nSPS) is 19.1. The summed E-state index contributed by atoms with van der Waals surface area (Å²) >= 11 is 0. The van der Waals surface area contributed by atoms with E-state index < -0.39 is 18.6 Å². The van der Waals surface area contributed by atoms with Crippen LogP contribution < -0.4 is 4.90 Å². The van der Waals surface area contributed by atoms with Crippen molar-refractivity contribution in [3.05, 3.63) is 12.4 Å². The molecule has 4 heterocycles. The summed E-state index contributed by atoms with van der Waals surface area (Å²) in [7, 11) is 0. The Hall–Kier alpha value is -2.52.